The van der Waals surface area contributed by atoms with Crippen LogP contribution in [0.2, 0.25) is 0 Å². The van der Waals surface area contributed by atoms with Gasteiger partial charge in [-0.1, -0.05) is 42.0 Å². The van der Waals surface area contributed by atoms with Gasteiger partial charge in [-0.2, -0.15) is 0 Å². The van der Waals surface area contributed by atoms with Crippen molar-refractivity contribution in [3.63, 3.8) is 0 Å². The Morgan fingerprint density at radius 2 is 1.78 bits per heavy atom. The van der Waals surface area contributed by atoms with E-state index in [1.807, 2.05) is 55.5 Å². The predicted octanol–water partition coefficient (Wildman–Crippen LogP) is 3.50. The number of aromatic nitrogens is 1. The smallest absolute Gasteiger partial charge is 0.256 e. The van der Waals surface area contributed by atoms with Crippen molar-refractivity contribution in [2.24, 2.45) is 0 Å². The van der Waals surface area contributed by atoms with Gasteiger partial charge in [0.15, 0.2) is 0 Å². The van der Waals surface area contributed by atoms with Crippen molar-refractivity contribution in [3.8, 4) is 11.3 Å². The number of hydrogen-bond donors (Lipinski definition) is 1. The number of fused-ring (bicyclic) bond motifs is 1. The van der Waals surface area contributed by atoms with Gasteiger partial charge in [0.2, 0.25) is 0 Å². The summed E-state index contributed by atoms with van der Waals surface area (Å²) in [7, 11) is 0. The van der Waals surface area contributed by atoms with Crippen LogP contribution in [0, 0.1) is 6.92 Å². The average molecular weight is 235 g/mol. The van der Waals surface area contributed by atoms with Crippen LogP contribution in [-0.2, 0) is 0 Å². The molecular weight excluding hydrogens is 222 g/mol. The molecule has 0 aliphatic heterocycles. The van der Waals surface area contributed by atoms with Gasteiger partial charge in [-0.3, -0.25) is 4.79 Å². The number of hydrogen-bond acceptors (Lipinski definition) is 1. The molecule has 2 aromatic carbocycles. The van der Waals surface area contributed by atoms with E-state index in [1.54, 1.807) is 0 Å². The molecule has 0 spiro atoms. The molecule has 0 saturated carbocycles. The van der Waals surface area contributed by atoms with Crippen LogP contribution in [0.5, 0.6) is 0 Å². The molecule has 3 rings (SSSR count). The Morgan fingerprint density at radius 1 is 0.944 bits per heavy atom. The molecule has 1 heterocycles. The van der Waals surface area contributed by atoms with Gasteiger partial charge in [-0.15, -0.1) is 0 Å². The quantitative estimate of drug-likeness (QED) is 0.688. The van der Waals surface area contributed by atoms with E-state index in [-0.39, 0.29) is 5.56 Å². The van der Waals surface area contributed by atoms with Crippen molar-refractivity contribution >= 4 is 10.8 Å². The molecule has 0 radical (unpaired) electrons. The monoisotopic (exact) mass is 235 g/mol. The number of H-pyrrole nitrogens is 1. The first-order chi connectivity index (χ1) is 8.74. The predicted molar refractivity (Wildman–Crippen MR) is 74.7 cm³/mol. The summed E-state index contributed by atoms with van der Waals surface area (Å²) in [5.74, 6) is 0. The Morgan fingerprint density at radius 3 is 2.61 bits per heavy atom. The number of aryl methyl sites for hydroxylation is 1. The maximum absolute atomic E-state index is 12.0. The van der Waals surface area contributed by atoms with E-state index in [9.17, 15) is 4.79 Å². The third-order valence-electron chi connectivity index (χ3n) is 3.08. The van der Waals surface area contributed by atoms with Crippen LogP contribution >= 0.6 is 0 Å². The van der Waals surface area contributed by atoms with E-state index in [2.05, 4.69) is 11.1 Å². The Balaban J connectivity index is 2.28. The van der Waals surface area contributed by atoms with Gasteiger partial charge >= 0.3 is 0 Å². The first-order valence-electron chi connectivity index (χ1n) is 5.93. The molecular formula is C16H13NO. The van der Waals surface area contributed by atoms with Gasteiger partial charge < -0.3 is 4.98 Å². The number of aromatic amines is 1. The van der Waals surface area contributed by atoms with Crippen LogP contribution in [0.1, 0.15) is 5.56 Å². The zero-order valence-corrected chi connectivity index (χ0v) is 10.1. The summed E-state index contributed by atoms with van der Waals surface area (Å²) < 4.78 is 0. The van der Waals surface area contributed by atoms with Crippen molar-refractivity contribution in [3.05, 3.63) is 70.5 Å². The summed E-state index contributed by atoms with van der Waals surface area (Å²) in [6.07, 6.45) is 0. The normalized spacial score (nSPS) is 10.7. The SMILES string of the molecule is Cc1cccc(-c2cc3ccccc3c(=O)[nH]2)c1. The van der Waals surface area contributed by atoms with Gasteiger partial charge in [-0.05, 0) is 36.1 Å². The molecule has 0 aliphatic carbocycles. The van der Waals surface area contributed by atoms with Crippen LogP contribution in [0.25, 0.3) is 22.0 Å². The molecule has 0 saturated heterocycles. The van der Waals surface area contributed by atoms with Crippen LogP contribution < -0.4 is 5.56 Å². The molecule has 0 atom stereocenters. The number of nitrogens with one attached hydrogen (secondary N) is 1. The van der Waals surface area contributed by atoms with Crippen molar-refractivity contribution in [1.29, 1.82) is 0 Å². The Hall–Kier alpha value is -2.35. The van der Waals surface area contributed by atoms with Gasteiger partial charge in [0.25, 0.3) is 5.56 Å². The molecule has 2 heteroatoms. The van der Waals surface area contributed by atoms with Crippen LogP contribution in [0.15, 0.2) is 59.4 Å². The fourth-order valence-electron chi connectivity index (χ4n) is 2.18. The maximum atomic E-state index is 12.0. The highest BCUT2D eigenvalue weighted by Crippen LogP contribution is 2.20. The van der Waals surface area contributed by atoms with Gasteiger partial charge in [-0.25, -0.2) is 0 Å². The zero-order valence-electron chi connectivity index (χ0n) is 10.1. The molecule has 1 aromatic heterocycles. The second kappa shape index (κ2) is 4.15. The molecule has 0 amide bonds. The molecule has 88 valence electrons. The molecule has 3 aromatic rings. The van der Waals surface area contributed by atoms with Crippen molar-refractivity contribution in [2.45, 2.75) is 6.92 Å². The summed E-state index contributed by atoms with van der Waals surface area (Å²) >= 11 is 0. The summed E-state index contributed by atoms with van der Waals surface area (Å²) in [6.45, 7) is 2.04. The molecule has 1 N–H and O–H groups in total. The Labute approximate surface area is 105 Å². The second-order valence-electron chi connectivity index (χ2n) is 4.47. The van der Waals surface area contributed by atoms with E-state index in [0.717, 1.165) is 22.0 Å². The Kier molecular flexibility index (Phi) is 2.49. The lowest BCUT2D eigenvalue weighted by atomic mass is 10.1. The largest absolute Gasteiger partial charge is 0.321 e. The van der Waals surface area contributed by atoms with E-state index < -0.39 is 0 Å². The third-order valence-corrected chi connectivity index (χ3v) is 3.08. The molecule has 0 fully saturated rings. The minimum atomic E-state index is -0.0374. The minimum absolute atomic E-state index is 0.0374. The first-order valence-corrected chi connectivity index (χ1v) is 5.93. The van der Waals surface area contributed by atoms with E-state index in [4.69, 9.17) is 0 Å². The third kappa shape index (κ3) is 1.82. The maximum Gasteiger partial charge on any atom is 0.256 e. The topological polar surface area (TPSA) is 32.9 Å². The summed E-state index contributed by atoms with van der Waals surface area (Å²) in [6, 6.07) is 17.8. The van der Waals surface area contributed by atoms with E-state index in [0.29, 0.717) is 0 Å². The fourth-order valence-corrected chi connectivity index (χ4v) is 2.18. The van der Waals surface area contributed by atoms with Crippen molar-refractivity contribution in [1.82, 2.24) is 4.98 Å². The zero-order chi connectivity index (χ0) is 12.5. The molecule has 18 heavy (non-hydrogen) atoms. The number of rotatable bonds is 1. The van der Waals surface area contributed by atoms with Crippen molar-refractivity contribution < 1.29 is 0 Å². The standard InChI is InChI=1S/C16H13NO/c1-11-5-4-7-13(9-11)15-10-12-6-2-3-8-14(12)16(18)17-15/h2-10H,1H3,(H,17,18). The summed E-state index contributed by atoms with van der Waals surface area (Å²) in [5, 5.41) is 1.70. The fraction of sp³-hybridized carbons (Fsp3) is 0.0625. The summed E-state index contributed by atoms with van der Waals surface area (Å²) in [4.78, 5) is 14.9. The average Bonchev–Trinajstić information content (AvgIpc) is 2.39. The lowest BCUT2D eigenvalue weighted by Gasteiger charge is -2.04. The molecule has 0 unspecified atom stereocenters. The van der Waals surface area contributed by atoms with Gasteiger partial charge in [0.05, 0.1) is 0 Å². The van der Waals surface area contributed by atoms with Gasteiger partial charge in [0.1, 0.15) is 0 Å². The lowest BCUT2D eigenvalue weighted by Crippen LogP contribution is -2.06. The molecule has 0 bridgehead atoms. The van der Waals surface area contributed by atoms with E-state index >= 15 is 0 Å². The highest BCUT2D eigenvalue weighted by atomic mass is 16.1. The van der Waals surface area contributed by atoms with Crippen LogP contribution in [0.4, 0.5) is 0 Å². The molecule has 2 nitrogen and oxygen atoms in total. The minimum Gasteiger partial charge on any atom is -0.321 e. The van der Waals surface area contributed by atoms with E-state index in [1.165, 1.54) is 5.56 Å². The number of benzene rings is 2. The van der Waals surface area contributed by atoms with Crippen molar-refractivity contribution in [2.75, 3.05) is 0 Å². The van der Waals surface area contributed by atoms with Crippen LogP contribution in [0.3, 0.4) is 0 Å². The first kappa shape index (κ1) is 10.8. The Bertz CT molecular complexity index is 771. The highest BCUT2D eigenvalue weighted by Gasteiger charge is 2.03. The van der Waals surface area contributed by atoms with Gasteiger partial charge in [0, 0.05) is 11.1 Å². The second-order valence-corrected chi connectivity index (χ2v) is 4.47. The summed E-state index contributed by atoms with van der Waals surface area (Å²) in [5.41, 5.74) is 3.05. The number of pyridine rings is 1. The molecule has 0 aliphatic rings. The van der Waals surface area contributed by atoms with Crippen LogP contribution in [-0.4, -0.2) is 4.98 Å². The lowest BCUT2D eigenvalue weighted by molar-refractivity contribution is 1.27. The highest BCUT2D eigenvalue weighted by molar-refractivity contribution is 5.85.